The molecule has 1 aromatic rings. The molecule has 134 valence electrons. The average molecular weight is 367 g/mol. The zero-order valence-electron chi connectivity index (χ0n) is 13.1. The molecular weight excluding hydrogens is 349 g/mol. The number of carbonyl (C=O) groups excluding carboxylic acids is 1. The second-order valence-electron chi connectivity index (χ2n) is 5.61. The van der Waals surface area contributed by atoms with Crippen molar-refractivity contribution < 1.29 is 22.7 Å². The van der Waals surface area contributed by atoms with Gasteiger partial charge in [0.05, 0.1) is 6.54 Å². The lowest BCUT2D eigenvalue weighted by molar-refractivity contribution is -0.150. The number of amides is 1. The van der Waals surface area contributed by atoms with Crippen molar-refractivity contribution in [1.29, 1.82) is 0 Å². The summed E-state index contributed by atoms with van der Waals surface area (Å²) < 4.78 is 42.3. The van der Waals surface area contributed by atoms with Crippen LogP contribution in [0.5, 0.6) is 5.88 Å². The van der Waals surface area contributed by atoms with Crippen LogP contribution in [0.25, 0.3) is 0 Å². The highest BCUT2D eigenvalue weighted by Gasteiger charge is 2.33. The van der Waals surface area contributed by atoms with Gasteiger partial charge in [-0.15, -0.1) is 10.2 Å². The molecule has 2 heterocycles. The number of piperidine rings is 1. The molecule has 6 nitrogen and oxygen atoms in total. The van der Waals surface area contributed by atoms with Gasteiger partial charge in [-0.2, -0.15) is 13.2 Å². The summed E-state index contributed by atoms with van der Waals surface area (Å²) in [5.41, 5.74) is 0. The number of halogens is 4. The van der Waals surface area contributed by atoms with Crippen LogP contribution in [-0.2, 0) is 4.79 Å². The summed E-state index contributed by atoms with van der Waals surface area (Å²) in [6.45, 7) is -0.498. The first kappa shape index (κ1) is 18.7. The van der Waals surface area contributed by atoms with E-state index in [4.69, 9.17) is 16.3 Å². The fourth-order valence-electron chi connectivity index (χ4n) is 2.54. The van der Waals surface area contributed by atoms with Crippen molar-refractivity contribution in [1.82, 2.24) is 20.0 Å². The van der Waals surface area contributed by atoms with Gasteiger partial charge >= 0.3 is 6.18 Å². The SMILES string of the molecule is CN(C(=O)COc1ccc(Cl)nn1)C1CCN(CC(F)(F)F)CC1. The monoisotopic (exact) mass is 366 g/mol. The molecule has 0 atom stereocenters. The van der Waals surface area contributed by atoms with Gasteiger partial charge in [-0.3, -0.25) is 9.69 Å². The van der Waals surface area contributed by atoms with E-state index >= 15 is 0 Å². The number of hydrogen-bond acceptors (Lipinski definition) is 5. The van der Waals surface area contributed by atoms with E-state index in [1.165, 1.54) is 21.9 Å². The Morgan fingerprint density at radius 1 is 1.38 bits per heavy atom. The fourth-order valence-corrected chi connectivity index (χ4v) is 2.64. The van der Waals surface area contributed by atoms with Gasteiger partial charge in [0.2, 0.25) is 5.88 Å². The van der Waals surface area contributed by atoms with Crippen molar-refractivity contribution in [2.75, 3.05) is 33.3 Å². The Morgan fingerprint density at radius 3 is 2.58 bits per heavy atom. The number of ether oxygens (including phenoxy) is 1. The standard InChI is InChI=1S/C14H18ClF3N4O2/c1-21(10-4-6-22(7-5-10)9-14(16,17)18)13(23)8-24-12-3-2-11(15)19-20-12/h2-3,10H,4-9H2,1H3. The molecule has 1 aliphatic heterocycles. The third kappa shape index (κ3) is 5.79. The van der Waals surface area contributed by atoms with E-state index in [1.807, 2.05) is 0 Å². The third-order valence-corrected chi connectivity index (χ3v) is 4.05. The van der Waals surface area contributed by atoms with Crippen LogP contribution in [0.1, 0.15) is 12.8 Å². The maximum Gasteiger partial charge on any atom is 0.401 e. The zero-order chi connectivity index (χ0) is 17.7. The van der Waals surface area contributed by atoms with Crippen molar-refractivity contribution in [3.05, 3.63) is 17.3 Å². The number of aromatic nitrogens is 2. The van der Waals surface area contributed by atoms with Gasteiger partial charge in [0.25, 0.3) is 5.91 Å². The lowest BCUT2D eigenvalue weighted by Crippen LogP contribution is -2.48. The lowest BCUT2D eigenvalue weighted by atomic mass is 10.0. The first-order valence-corrected chi connectivity index (χ1v) is 7.79. The molecule has 24 heavy (non-hydrogen) atoms. The van der Waals surface area contributed by atoms with Crippen LogP contribution in [-0.4, -0.2) is 71.4 Å². The molecule has 2 rings (SSSR count). The topological polar surface area (TPSA) is 58.6 Å². The molecule has 0 radical (unpaired) electrons. The largest absolute Gasteiger partial charge is 0.466 e. The molecule has 1 aliphatic rings. The summed E-state index contributed by atoms with van der Waals surface area (Å²) in [7, 11) is 1.63. The third-order valence-electron chi connectivity index (χ3n) is 3.85. The quantitative estimate of drug-likeness (QED) is 0.797. The van der Waals surface area contributed by atoms with Crippen LogP contribution in [0.3, 0.4) is 0 Å². The molecular formula is C14H18ClF3N4O2. The minimum Gasteiger partial charge on any atom is -0.466 e. The normalized spacial score (nSPS) is 16.9. The molecule has 1 aromatic heterocycles. The maximum absolute atomic E-state index is 12.4. The minimum absolute atomic E-state index is 0.0955. The summed E-state index contributed by atoms with van der Waals surface area (Å²) in [5, 5.41) is 7.49. The lowest BCUT2D eigenvalue weighted by Gasteiger charge is -2.36. The van der Waals surface area contributed by atoms with Gasteiger partial charge in [-0.05, 0) is 18.9 Å². The molecule has 0 spiro atoms. The second kappa shape index (κ2) is 7.98. The highest BCUT2D eigenvalue weighted by atomic mass is 35.5. The van der Waals surface area contributed by atoms with Crippen LogP contribution >= 0.6 is 11.6 Å². The molecule has 0 saturated carbocycles. The molecule has 0 unspecified atom stereocenters. The van der Waals surface area contributed by atoms with E-state index in [0.29, 0.717) is 25.9 Å². The summed E-state index contributed by atoms with van der Waals surface area (Å²) >= 11 is 5.60. The van der Waals surface area contributed by atoms with Gasteiger partial charge in [0, 0.05) is 32.2 Å². The Balaban J connectivity index is 1.76. The Labute approximate surface area is 142 Å². The number of alkyl halides is 3. The number of nitrogens with zero attached hydrogens (tertiary/aromatic N) is 4. The Bertz CT molecular complexity index is 548. The second-order valence-corrected chi connectivity index (χ2v) is 6.00. The van der Waals surface area contributed by atoms with Crippen LogP contribution in [0.2, 0.25) is 5.15 Å². The van der Waals surface area contributed by atoms with E-state index in [9.17, 15) is 18.0 Å². The Morgan fingerprint density at radius 2 is 2.04 bits per heavy atom. The van der Waals surface area contributed by atoms with E-state index in [0.717, 1.165) is 0 Å². The van der Waals surface area contributed by atoms with E-state index in [2.05, 4.69) is 10.2 Å². The Hall–Kier alpha value is -1.61. The first-order valence-electron chi connectivity index (χ1n) is 7.41. The van der Waals surface area contributed by atoms with Crippen molar-refractivity contribution in [3.63, 3.8) is 0 Å². The molecule has 1 fully saturated rings. The van der Waals surface area contributed by atoms with Gasteiger partial charge in [0.1, 0.15) is 0 Å². The van der Waals surface area contributed by atoms with Crippen molar-refractivity contribution in [2.45, 2.75) is 25.1 Å². The highest BCUT2D eigenvalue weighted by molar-refractivity contribution is 6.29. The van der Waals surface area contributed by atoms with Crippen LogP contribution in [0.15, 0.2) is 12.1 Å². The Kier molecular flexibility index (Phi) is 6.22. The van der Waals surface area contributed by atoms with E-state index < -0.39 is 12.7 Å². The fraction of sp³-hybridized carbons (Fsp3) is 0.643. The highest BCUT2D eigenvalue weighted by Crippen LogP contribution is 2.21. The number of carbonyl (C=O) groups is 1. The van der Waals surface area contributed by atoms with Gasteiger partial charge in [-0.1, -0.05) is 11.6 Å². The van der Waals surface area contributed by atoms with Crippen molar-refractivity contribution >= 4 is 17.5 Å². The molecule has 0 aliphatic carbocycles. The van der Waals surface area contributed by atoms with Crippen LogP contribution in [0.4, 0.5) is 13.2 Å². The predicted molar refractivity (Wildman–Crippen MR) is 80.8 cm³/mol. The zero-order valence-corrected chi connectivity index (χ0v) is 13.8. The number of hydrogen-bond donors (Lipinski definition) is 0. The maximum atomic E-state index is 12.4. The molecule has 0 aromatic carbocycles. The smallest absolute Gasteiger partial charge is 0.401 e. The average Bonchev–Trinajstić information content (AvgIpc) is 2.52. The van der Waals surface area contributed by atoms with Gasteiger partial charge in [-0.25, -0.2) is 0 Å². The number of likely N-dealkylation sites (N-methyl/N-ethyl adjacent to an activating group) is 1. The van der Waals surface area contributed by atoms with Crippen LogP contribution in [0, 0.1) is 0 Å². The molecule has 1 saturated heterocycles. The van der Waals surface area contributed by atoms with Crippen molar-refractivity contribution in [3.8, 4) is 5.88 Å². The molecule has 1 amide bonds. The molecule has 0 bridgehead atoms. The molecule has 10 heteroatoms. The number of likely N-dealkylation sites (tertiary alicyclic amines) is 1. The van der Waals surface area contributed by atoms with Crippen molar-refractivity contribution in [2.24, 2.45) is 0 Å². The summed E-state index contributed by atoms with van der Waals surface area (Å²) in [6, 6.07) is 2.90. The number of rotatable bonds is 5. The summed E-state index contributed by atoms with van der Waals surface area (Å²) in [5.74, 6) is -0.0813. The van der Waals surface area contributed by atoms with Gasteiger partial charge in [0.15, 0.2) is 11.8 Å². The first-order chi connectivity index (χ1) is 11.2. The predicted octanol–water partition coefficient (Wildman–Crippen LogP) is 1.99. The van der Waals surface area contributed by atoms with E-state index in [1.54, 1.807) is 7.05 Å². The summed E-state index contributed by atoms with van der Waals surface area (Å²) in [4.78, 5) is 15.0. The summed E-state index contributed by atoms with van der Waals surface area (Å²) in [6.07, 6.45) is -3.19. The minimum atomic E-state index is -4.19. The van der Waals surface area contributed by atoms with E-state index in [-0.39, 0.29) is 29.6 Å². The van der Waals surface area contributed by atoms with Gasteiger partial charge < -0.3 is 9.64 Å². The molecule has 0 N–H and O–H groups in total. The van der Waals surface area contributed by atoms with Crippen LogP contribution < -0.4 is 4.74 Å².